The molecule has 0 radical (unpaired) electrons. The zero-order chi connectivity index (χ0) is 20.4. The Morgan fingerprint density at radius 1 is 0.621 bits per heavy atom. The fourth-order valence-electron chi connectivity index (χ4n) is 3.46. The Kier molecular flexibility index (Phi) is 5.29. The van der Waals surface area contributed by atoms with Gasteiger partial charge < -0.3 is 0 Å². The van der Waals surface area contributed by atoms with Crippen molar-refractivity contribution in [1.29, 1.82) is 0 Å². The van der Waals surface area contributed by atoms with Crippen LogP contribution in [0.5, 0.6) is 0 Å². The summed E-state index contributed by atoms with van der Waals surface area (Å²) < 4.78 is 57.9. The van der Waals surface area contributed by atoms with Crippen LogP contribution in [-0.4, -0.2) is 18.1 Å². The van der Waals surface area contributed by atoms with Crippen molar-refractivity contribution < 1.29 is 17.6 Å². The van der Waals surface area contributed by atoms with Gasteiger partial charge in [-0.2, -0.15) is 0 Å². The van der Waals surface area contributed by atoms with E-state index in [1.54, 1.807) is 5.01 Å². The first kappa shape index (κ1) is 19.1. The number of hydrogen-bond acceptors (Lipinski definition) is 2. The van der Waals surface area contributed by atoms with Crippen LogP contribution >= 0.6 is 0 Å². The third kappa shape index (κ3) is 3.72. The minimum Gasteiger partial charge on any atom is -0.278 e. The van der Waals surface area contributed by atoms with Crippen LogP contribution in [0.15, 0.2) is 64.9 Å². The van der Waals surface area contributed by atoms with Gasteiger partial charge in [0.15, 0.2) is 0 Å². The quantitative estimate of drug-likeness (QED) is 0.356. The Labute approximate surface area is 165 Å². The Morgan fingerprint density at radius 3 is 1.48 bits per heavy atom. The van der Waals surface area contributed by atoms with Gasteiger partial charge in [-0.25, -0.2) is 17.6 Å². The van der Waals surface area contributed by atoms with Crippen molar-refractivity contribution in [3.05, 3.63) is 77.9 Å². The van der Waals surface area contributed by atoms with Crippen molar-refractivity contribution in [3.8, 4) is 22.3 Å². The molecule has 148 valence electrons. The van der Waals surface area contributed by atoms with E-state index < -0.39 is 23.3 Å². The van der Waals surface area contributed by atoms with Crippen LogP contribution in [0.2, 0.25) is 0 Å². The molecule has 0 bridgehead atoms. The van der Waals surface area contributed by atoms with Crippen LogP contribution in [0.25, 0.3) is 22.3 Å². The van der Waals surface area contributed by atoms with E-state index in [1.807, 2.05) is 0 Å². The largest absolute Gasteiger partial charge is 0.278 e. The lowest BCUT2D eigenvalue weighted by atomic mass is 9.95. The highest BCUT2D eigenvalue weighted by Gasteiger charge is 2.22. The maximum Gasteiger partial charge on any atom is 0.134 e. The molecule has 0 N–H and O–H groups in total. The van der Waals surface area contributed by atoms with Crippen LogP contribution in [0.4, 0.5) is 23.2 Å². The summed E-state index contributed by atoms with van der Waals surface area (Å²) in [5.41, 5.74) is -0.484. The van der Waals surface area contributed by atoms with Gasteiger partial charge in [0, 0.05) is 24.2 Å². The second-order valence-electron chi connectivity index (χ2n) is 6.75. The van der Waals surface area contributed by atoms with Gasteiger partial charge in [-0.1, -0.05) is 35.6 Å². The molecule has 1 aliphatic rings. The summed E-state index contributed by atoms with van der Waals surface area (Å²) in [6.07, 6.45) is 1.91. The SMILES string of the molecule is Fc1cccc(F)c1-c1cccc(-c2c(F)cccc2F)c1N=NN1CCCC1. The van der Waals surface area contributed by atoms with E-state index in [0.29, 0.717) is 13.1 Å². The number of rotatable bonds is 4. The predicted molar refractivity (Wildman–Crippen MR) is 102 cm³/mol. The molecular weight excluding hydrogens is 382 g/mol. The van der Waals surface area contributed by atoms with E-state index in [2.05, 4.69) is 10.3 Å². The Balaban J connectivity index is 1.97. The summed E-state index contributed by atoms with van der Waals surface area (Å²) in [5, 5.41) is 10.1. The van der Waals surface area contributed by atoms with Gasteiger partial charge in [-0.3, -0.25) is 5.01 Å². The van der Waals surface area contributed by atoms with Crippen LogP contribution in [0.3, 0.4) is 0 Å². The van der Waals surface area contributed by atoms with Crippen molar-refractivity contribution in [2.45, 2.75) is 12.8 Å². The first-order chi connectivity index (χ1) is 14.1. The summed E-state index contributed by atoms with van der Waals surface area (Å²) in [4.78, 5) is 0. The average molecular weight is 399 g/mol. The topological polar surface area (TPSA) is 28.0 Å². The lowest BCUT2D eigenvalue weighted by molar-refractivity contribution is 0.337. The Hall–Kier alpha value is -3.22. The van der Waals surface area contributed by atoms with E-state index in [-0.39, 0.29) is 27.9 Å². The molecule has 3 aromatic rings. The van der Waals surface area contributed by atoms with E-state index in [1.165, 1.54) is 30.3 Å². The highest BCUT2D eigenvalue weighted by molar-refractivity contribution is 5.89. The minimum atomic E-state index is -0.797. The Bertz CT molecular complexity index is 965. The summed E-state index contributed by atoms with van der Waals surface area (Å²) >= 11 is 0. The molecule has 3 nitrogen and oxygen atoms in total. The van der Waals surface area contributed by atoms with Gasteiger partial charge >= 0.3 is 0 Å². The zero-order valence-electron chi connectivity index (χ0n) is 15.4. The fourth-order valence-corrected chi connectivity index (χ4v) is 3.46. The average Bonchev–Trinajstić information content (AvgIpc) is 3.20. The van der Waals surface area contributed by atoms with Crippen molar-refractivity contribution >= 4 is 5.69 Å². The molecule has 0 aromatic heterocycles. The van der Waals surface area contributed by atoms with Gasteiger partial charge in [-0.15, -0.1) is 5.11 Å². The van der Waals surface area contributed by atoms with E-state index in [9.17, 15) is 17.6 Å². The molecular formula is C22H17F4N3. The van der Waals surface area contributed by atoms with Gasteiger partial charge in [0.05, 0.1) is 11.1 Å². The molecule has 0 atom stereocenters. The minimum absolute atomic E-state index is 0.00685. The highest BCUT2D eigenvalue weighted by atomic mass is 19.1. The summed E-state index contributed by atoms with van der Waals surface area (Å²) in [6, 6.07) is 11.4. The Morgan fingerprint density at radius 2 is 1.03 bits per heavy atom. The first-order valence-electron chi connectivity index (χ1n) is 9.24. The monoisotopic (exact) mass is 399 g/mol. The molecule has 4 rings (SSSR count). The normalized spacial score (nSPS) is 14.1. The van der Waals surface area contributed by atoms with Crippen LogP contribution in [0.1, 0.15) is 12.8 Å². The molecule has 0 amide bonds. The number of nitrogens with zero attached hydrogens (tertiary/aromatic N) is 3. The third-order valence-corrected chi connectivity index (χ3v) is 4.85. The number of hydrogen-bond donors (Lipinski definition) is 0. The van der Waals surface area contributed by atoms with Crippen LogP contribution in [0, 0.1) is 23.3 Å². The molecule has 3 aromatic carbocycles. The molecule has 0 saturated carbocycles. The molecule has 7 heteroatoms. The molecule has 0 unspecified atom stereocenters. The predicted octanol–water partition coefficient (Wildman–Crippen LogP) is 6.67. The van der Waals surface area contributed by atoms with Crippen molar-refractivity contribution in [1.82, 2.24) is 5.01 Å². The van der Waals surface area contributed by atoms with Gasteiger partial charge in [-0.05, 0) is 37.1 Å². The first-order valence-corrected chi connectivity index (χ1v) is 9.24. The van der Waals surface area contributed by atoms with Gasteiger partial charge in [0.2, 0.25) is 0 Å². The van der Waals surface area contributed by atoms with Crippen molar-refractivity contribution in [3.63, 3.8) is 0 Å². The highest BCUT2D eigenvalue weighted by Crippen LogP contribution is 2.42. The van der Waals surface area contributed by atoms with Crippen LogP contribution < -0.4 is 0 Å². The lowest BCUT2D eigenvalue weighted by Gasteiger charge is -2.15. The molecule has 1 heterocycles. The summed E-state index contributed by atoms with van der Waals surface area (Å²) in [7, 11) is 0. The third-order valence-electron chi connectivity index (χ3n) is 4.85. The fraction of sp³-hybridized carbons (Fsp3) is 0.182. The van der Waals surface area contributed by atoms with E-state index in [0.717, 1.165) is 37.1 Å². The lowest BCUT2D eigenvalue weighted by Crippen LogP contribution is -2.09. The van der Waals surface area contributed by atoms with Crippen molar-refractivity contribution in [2.24, 2.45) is 10.3 Å². The second-order valence-corrected chi connectivity index (χ2v) is 6.75. The summed E-state index contributed by atoms with van der Waals surface area (Å²) in [6.45, 7) is 1.40. The smallest absolute Gasteiger partial charge is 0.134 e. The molecule has 0 aliphatic carbocycles. The molecule has 29 heavy (non-hydrogen) atoms. The standard InChI is InChI=1S/C22H17F4N3/c23-16-8-4-9-17(24)20(16)14-6-3-7-15(21-18(25)10-5-11-19(21)26)22(14)27-28-29-12-1-2-13-29/h3-11H,1-2,12-13H2. The number of halogens is 4. The molecule has 0 spiro atoms. The van der Waals surface area contributed by atoms with Crippen LogP contribution in [-0.2, 0) is 0 Å². The van der Waals surface area contributed by atoms with E-state index >= 15 is 0 Å². The molecule has 1 fully saturated rings. The van der Waals surface area contributed by atoms with E-state index in [4.69, 9.17) is 0 Å². The zero-order valence-corrected chi connectivity index (χ0v) is 15.4. The summed E-state index contributed by atoms with van der Waals surface area (Å²) in [5.74, 6) is -3.19. The maximum atomic E-state index is 14.5. The molecule has 1 aliphatic heterocycles. The second kappa shape index (κ2) is 8.03. The maximum absolute atomic E-state index is 14.5. The van der Waals surface area contributed by atoms with Gasteiger partial charge in [0.25, 0.3) is 0 Å². The van der Waals surface area contributed by atoms with Crippen molar-refractivity contribution in [2.75, 3.05) is 13.1 Å². The molecule has 1 saturated heterocycles. The number of benzene rings is 3. The van der Waals surface area contributed by atoms with Gasteiger partial charge in [0.1, 0.15) is 29.0 Å².